The Morgan fingerprint density at radius 3 is 2.45 bits per heavy atom. The molecule has 0 aliphatic carbocycles. The Kier molecular flexibility index (Phi) is 6.57. The third kappa shape index (κ3) is 4.38. The first-order valence-corrected chi connectivity index (χ1v) is 4.42. The van der Waals surface area contributed by atoms with Crippen molar-refractivity contribution in [2.24, 2.45) is 5.92 Å². The second-order valence-corrected chi connectivity index (χ2v) is 3.03. The van der Waals surface area contributed by atoms with Crippen LogP contribution in [0.1, 0.15) is 26.7 Å². The van der Waals surface area contributed by atoms with Crippen molar-refractivity contribution < 1.29 is 4.74 Å². The molecule has 68 valence electrons. The van der Waals surface area contributed by atoms with Crippen molar-refractivity contribution in [3.05, 3.63) is 0 Å². The molecule has 0 aromatic carbocycles. The number of nitrogens with one attached hydrogen (secondary N) is 1. The van der Waals surface area contributed by atoms with Crippen LogP contribution >= 0.6 is 0 Å². The van der Waals surface area contributed by atoms with Gasteiger partial charge in [0.1, 0.15) is 0 Å². The largest absolute Gasteiger partial charge is 0.385 e. The average molecular weight is 159 g/mol. The standard InChI is InChI=1S/C9H21NO/c1-5-9(6-7-11-4)8(2)10-3/h8-10H,5-7H2,1-4H3. The minimum absolute atomic E-state index is 0.607. The van der Waals surface area contributed by atoms with Crippen LogP contribution in [0.3, 0.4) is 0 Å². The van der Waals surface area contributed by atoms with Crippen molar-refractivity contribution in [3.8, 4) is 0 Å². The van der Waals surface area contributed by atoms with Crippen molar-refractivity contribution in [1.29, 1.82) is 0 Å². The van der Waals surface area contributed by atoms with E-state index in [9.17, 15) is 0 Å². The average Bonchev–Trinajstić information content (AvgIpc) is 2.05. The van der Waals surface area contributed by atoms with E-state index in [4.69, 9.17) is 4.74 Å². The lowest BCUT2D eigenvalue weighted by Gasteiger charge is -2.21. The molecule has 0 aliphatic heterocycles. The van der Waals surface area contributed by atoms with Crippen LogP contribution in [0.2, 0.25) is 0 Å². The molecule has 0 bridgehead atoms. The lowest BCUT2D eigenvalue weighted by atomic mass is 9.95. The van der Waals surface area contributed by atoms with Crippen LogP contribution in [0.5, 0.6) is 0 Å². The van der Waals surface area contributed by atoms with E-state index in [0.29, 0.717) is 6.04 Å². The van der Waals surface area contributed by atoms with Gasteiger partial charge in [0.25, 0.3) is 0 Å². The van der Waals surface area contributed by atoms with Gasteiger partial charge in [0.15, 0.2) is 0 Å². The van der Waals surface area contributed by atoms with Crippen molar-refractivity contribution >= 4 is 0 Å². The van der Waals surface area contributed by atoms with Crippen LogP contribution in [0.25, 0.3) is 0 Å². The topological polar surface area (TPSA) is 21.3 Å². The lowest BCUT2D eigenvalue weighted by Crippen LogP contribution is -2.30. The molecule has 0 fully saturated rings. The quantitative estimate of drug-likeness (QED) is 0.636. The van der Waals surface area contributed by atoms with E-state index in [-0.39, 0.29) is 0 Å². The maximum atomic E-state index is 5.04. The number of methoxy groups -OCH3 is 1. The molecule has 2 heteroatoms. The molecule has 2 atom stereocenters. The van der Waals surface area contributed by atoms with E-state index >= 15 is 0 Å². The van der Waals surface area contributed by atoms with Gasteiger partial charge < -0.3 is 10.1 Å². The van der Waals surface area contributed by atoms with E-state index < -0.39 is 0 Å². The normalized spacial score (nSPS) is 16.4. The Balaban J connectivity index is 3.56. The van der Waals surface area contributed by atoms with Gasteiger partial charge in [-0.1, -0.05) is 13.3 Å². The molecule has 0 aromatic rings. The van der Waals surface area contributed by atoms with Gasteiger partial charge in [-0.15, -0.1) is 0 Å². The third-order valence-electron chi connectivity index (χ3n) is 2.38. The maximum Gasteiger partial charge on any atom is 0.0465 e. The van der Waals surface area contributed by atoms with Crippen LogP contribution in [-0.4, -0.2) is 26.8 Å². The first kappa shape index (κ1) is 10.9. The summed E-state index contributed by atoms with van der Waals surface area (Å²) in [5, 5.41) is 3.27. The highest BCUT2D eigenvalue weighted by atomic mass is 16.5. The molecule has 0 radical (unpaired) electrons. The minimum atomic E-state index is 0.607. The highest BCUT2D eigenvalue weighted by Crippen LogP contribution is 2.12. The Bertz CT molecular complexity index is 85.6. The predicted molar refractivity (Wildman–Crippen MR) is 48.8 cm³/mol. The summed E-state index contributed by atoms with van der Waals surface area (Å²) in [4.78, 5) is 0. The van der Waals surface area contributed by atoms with E-state index in [1.165, 1.54) is 6.42 Å². The highest BCUT2D eigenvalue weighted by Gasteiger charge is 2.12. The van der Waals surface area contributed by atoms with Crippen LogP contribution in [0.15, 0.2) is 0 Å². The molecule has 0 spiro atoms. The van der Waals surface area contributed by atoms with E-state index in [0.717, 1.165) is 18.9 Å². The summed E-state index contributed by atoms with van der Waals surface area (Å²) < 4.78 is 5.04. The molecule has 11 heavy (non-hydrogen) atoms. The van der Waals surface area contributed by atoms with Crippen molar-refractivity contribution in [3.63, 3.8) is 0 Å². The van der Waals surface area contributed by atoms with E-state index in [2.05, 4.69) is 19.2 Å². The van der Waals surface area contributed by atoms with Gasteiger partial charge in [0.05, 0.1) is 0 Å². The summed E-state index contributed by atoms with van der Waals surface area (Å²) in [6.45, 7) is 5.34. The SMILES string of the molecule is CCC(CCOC)C(C)NC. The van der Waals surface area contributed by atoms with Gasteiger partial charge in [-0.25, -0.2) is 0 Å². The smallest absolute Gasteiger partial charge is 0.0465 e. The fourth-order valence-corrected chi connectivity index (χ4v) is 1.31. The highest BCUT2D eigenvalue weighted by molar-refractivity contribution is 4.68. The van der Waals surface area contributed by atoms with Gasteiger partial charge in [-0.05, 0) is 26.3 Å². The zero-order chi connectivity index (χ0) is 8.69. The lowest BCUT2D eigenvalue weighted by molar-refractivity contribution is 0.167. The van der Waals surface area contributed by atoms with Crippen LogP contribution in [0, 0.1) is 5.92 Å². The Labute approximate surface area is 70.3 Å². The fraction of sp³-hybridized carbons (Fsp3) is 1.00. The second-order valence-electron chi connectivity index (χ2n) is 3.03. The summed E-state index contributed by atoms with van der Waals surface area (Å²) in [5.41, 5.74) is 0. The summed E-state index contributed by atoms with van der Waals surface area (Å²) in [6, 6.07) is 0.607. The molecular weight excluding hydrogens is 138 g/mol. The molecular formula is C9H21NO. The number of hydrogen-bond donors (Lipinski definition) is 1. The van der Waals surface area contributed by atoms with Crippen LogP contribution in [-0.2, 0) is 4.74 Å². The molecule has 0 aliphatic rings. The molecule has 0 aromatic heterocycles. The maximum absolute atomic E-state index is 5.04. The molecule has 2 nitrogen and oxygen atoms in total. The first-order chi connectivity index (χ1) is 5.26. The summed E-state index contributed by atoms with van der Waals surface area (Å²) in [7, 11) is 3.77. The van der Waals surface area contributed by atoms with E-state index in [1.807, 2.05) is 7.05 Å². The zero-order valence-electron chi connectivity index (χ0n) is 8.18. The molecule has 1 N–H and O–H groups in total. The number of rotatable bonds is 6. The molecule has 2 unspecified atom stereocenters. The minimum Gasteiger partial charge on any atom is -0.385 e. The van der Waals surface area contributed by atoms with Gasteiger partial charge in [0, 0.05) is 19.8 Å². The summed E-state index contributed by atoms with van der Waals surface area (Å²) in [5.74, 6) is 0.750. The van der Waals surface area contributed by atoms with Crippen molar-refractivity contribution in [2.75, 3.05) is 20.8 Å². The van der Waals surface area contributed by atoms with Crippen LogP contribution in [0.4, 0.5) is 0 Å². The molecule has 0 saturated carbocycles. The Morgan fingerprint density at radius 2 is 2.09 bits per heavy atom. The van der Waals surface area contributed by atoms with Gasteiger partial charge in [-0.3, -0.25) is 0 Å². The van der Waals surface area contributed by atoms with E-state index in [1.54, 1.807) is 7.11 Å². The third-order valence-corrected chi connectivity index (χ3v) is 2.38. The number of ether oxygens (including phenoxy) is 1. The first-order valence-electron chi connectivity index (χ1n) is 4.42. The number of hydrogen-bond acceptors (Lipinski definition) is 2. The summed E-state index contributed by atoms with van der Waals surface area (Å²) in [6.07, 6.45) is 2.39. The summed E-state index contributed by atoms with van der Waals surface area (Å²) >= 11 is 0. The zero-order valence-corrected chi connectivity index (χ0v) is 8.18. The monoisotopic (exact) mass is 159 g/mol. The van der Waals surface area contributed by atoms with Gasteiger partial charge in [0.2, 0.25) is 0 Å². The second kappa shape index (κ2) is 6.62. The fourth-order valence-electron chi connectivity index (χ4n) is 1.31. The molecule has 0 saturated heterocycles. The molecule has 0 amide bonds. The Morgan fingerprint density at radius 1 is 1.45 bits per heavy atom. The Hall–Kier alpha value is -0.0800. The van der Waals surface area contributed by atoms with Gasteiger partial charge >= 0.3 is 0 Å². The molecule has 0 heterocycles. The van der Waals surface area contributed by atoms with Crippen molar-refractivity contribution in [1.82, 2.24) is 5.32 Å². The molecule has 0 rings (SSSR count). The van der Waals surface area contributed by atoms with Crippen LogP contribution < -0.4 is 5.32 Å². The van der Waals surface area contributed by atoms with Gasteiger partial charge in [-0.2, -0.15) is 0 Å². The van der Waals surface area contributed by atoms with Crippen molar-refractivity contribution in [2.45, 2.75) is 32.7 Å². The predicted octanol–water partition coefficient (Wildman–Crippen LogP) is 1.66.